The van der Waals surface area contributed by atoms with Crippen molar-refractivity contribution in [3.05, 3.63) is 52.1 Å². The van der Waals surface area contributed by atoms with Gasteiger partial charge in [-0.1, -0.05) is 44.0 Å². The van der Waals surface area contributed by atoms with Crippen LogP contribution >= 0.6 is 11.3 Å². The van der Waals surface area contributed by atoms with E-state index in [0.717, 1.165) is 35.2 Å². The number of carbonyl (C=O) groups is 1. The average Bonchev–Trinajstić information content (AvgIpc) is 3.20. The molecule has 4 rings (SSSR count). The molecule has 3 aromatic rings. The Morgan fingerprint density at radius 1 is 1.19 bits per heavy atom. The van der Waals surface area contributed by atoms with Crippen LogP contribution in [0.5, 0.6) is 0 Å². The Balaban J connectivity index is 1.66. The van der Waals surface area contributed by atoms with Crippen molar-refractivity contribution < 1.29 is 4.79 Å². The summed E-state index contributed by atoms with van der Waals surface area (Å²) in [7, 11) is 0. The van der Waals surface area contributed by atoms with Crippen molar-refractivity contribution in [2.24, 2.45) is 5.92 Å². The van der Waals surface area contributed by atoms with E-state index in [1.807, 2.05) is 35.7 Å². The highest BCUT2D eigenvalue weighted by atomic mass is 32.1. The molecule has 2 heterocycles. The van der Waals surface area contributed by atoms with Crippen molar-refractivity contribution >= 4 is 28.0 Å². The van der Waals surface area contributed by atoms with Crippen LogP contribution in [0.1, 0.15) is 32.6 Å². The average molecular weight is 382 g/mol. The number of carbonyl (C=O) groups excluding carboxylic acids is 1. The van der Waals surface area contributed by atoms with Crippen molar-refractivity contribution in [3.8, 4) is 10.6 Å². The second-order valence-corrected chi connectivity index (χ2v) is 8.22. The zero-order valence-corrected chi connectivity index (χ0v) is 16.2. The van der Waals surface area contributed by atoms with Gasteiger partial charge in [0.05, 0.1) is 10.3 Å². The molecule has 2 aromatic heterocycles. The molecule has 0 bridgehead atoms. The second kappa shape index (κ2) is 7.64. The predicted octanol–water partition coefficient (Wildman–Crippen LogP) is 3.82. The Labute approximate surface area is 162 Å². The number of benzene rings is 1. The number of thiophene rings is 1. The third-order valence-electron chi connectivity index (χ3n) is 5.37. The van der Waals surface area contributed by atoms with Gasteiger partial charge < -0.3 is 5.32 Å². The van der Waals surface area contributed by atoms with E-state index in [4.69, 9.17) is 0 Å². The maximum atomic E-state index is 12.9. The molecular formula is C21H23N3O2S. The van der Waals surface area contributed by atoms with Crippen LogP contribution in [-0.2, 0) is 11.3 Å². The first kappa shape index (κ1) is 17.9. The molecule has 1 aliphatic carbocycles. The summed E-state index contributed by atoms with van der Waals surface area (Å²) in [6.07, 6.45) is 4.52. The van der Waals surface area contributed by atoms with Crippen LogP contribution in [0.25, 0.3) is 21.3 Å². The van der Waals surface area contributed by atoms with Gasteiger partial charge in [-0.2, -0.15) is 5.10 Å². The first-order valence-corrected chi connectivity index (χ1v) is 10.3. The predicted molar refractivity (Wildman–Crippen MR) is 109 cm³/mol. The lowest BCUT2D eigenvalue weighted by Gasteiger charge is -2.29. The summed E-state index contributed by atoms with van der Waals surface area (Å²) in [6, 6.07) is 11.6. The summed E-state index contributed by atoms with van der Waals surface area (Å²) in [6.45, 7) is 2.13. The Kier molecular flexibility index (Phi) is 5.07. The van der Waals surface area contributed by atoms with Gasteiger partial charge in [-0.05, 0) is 36.3 Å². The van der Waals surface area contributed by atoms with Crippen LogP contribution in [0.4, 0.5) is 0 Å². The minimum Gasteiger partial charge on any atom is -0.351 e. The summed E-state index contributed by atoms with van der Waals surface area (Å²) in [5.41, 5.74) is 0.525. The van der Waals surface area contributed by atoms with E-state index in [1.54, 1.807) is 17.4 Å². The molecule has 6 heteroatoms. The Hall–Kier alpha value is -2.47. The first-order valence-electron chi connectivity index (χ1n) is 9.46. The van der Waals surface area contributed by atoms with E-state index < -0.39 is 0 Å². The van der Waals surface area contributed by atoms with E-state index in [0.29, 0.717) is 11.3 Å². The van der Waals surface area contributed by atoms with Gasteiger partial charge in [0, 0.05) is 11.4 Å². The normalized spacial score (nSPS) is 19.9. The fourth-order valence-corrected chi connectivity index (χ4v) is 4.58. The van der Waals surface area contributed by atoms with Crippen LogP contribution in [0.2, 0.25) is 0 Å². The number of hydrogen-bond acceptors (Lipinski definition) is 4. The lowest BCUT2D eigenvalue weighted by molar-refractivity contribution is -0.123. The number of fused-ring (bicyclic) bond motifs is 1. The van der Waals surface area contributed by atoms with E-state index in [1.165, 1.54) is 11.1 Å². The van der Waals surface area contributed by atoms with Gasteiger partial charge in [-0.25, -0.2) is 4.68 Å². The van der Waals surface area contributed by atoms with Gasteiger partial charge in [0.25, 0.3) is 5.56 Å². The maximum absolute atomic E-state index is 12.9. The minimum absolute atomic E-state index is 0.0503. The number of nitrogens with zero attached hydrogens (tertiary/aromatic N) is 2. The molecule has 1 saturated carbocycles. The van der Waals surface area contributed by atoms with Gasteiger partial charge in [-0.3, -0.25) is 9.59 Å². The fraction of sp³-hybridized carbons (Fsp3) is 0.381. The molecule has 27 heavy (non-hydrogen) atoms. The van der Waals surface area contributed by atoms with Gasteiger partial charge in [-0.15, -0.1) is 11.3 Å². The molecule has 0 aliphatic heterocycles. The van der Waals surface area contributed by atoms with E-state index in [-0.39, 0.29) is 24.1 Å². The Bertz CT molecular complexity index is 1010. The number of rotatable bonds is 4. The quantitative estimate of drug-likeness (QED) is 0.747. The van der Waals surface area contributed by atoms with Gasteiger partial charge in [0.2, 0.25) is 5.91 Å². The topological polar surface area (TPSA) is 64.0 Å². The molecule has 1 amide bonds. The van der Waals surface area contributed by atoms with Crippen LogP contribution in [-0.4, -0.2) is 21.7 Å². The lowest BCUT2D eigenvalue weighted by atomic mass is 9.86. The van der Waals surface area contributed by atoms with Gasteiger partial charge in [0.15, 0.2) is 0 Å². The molecule has 1 N–H and O–H groups in total. The molecule has 0 saturated heterocycles. The standard InChI is InChI=1S/C21H23N3O2S/c1-14-7-2-5-10-17(14)22-19(25)13-24-21(26)16-9-4-3-8-15(16)20(23-24)18-11-6-12-27-18/h3-4,6,8-9,11-12,14,17H,2,5,7,10,13H2,1H3,(H,22,25)/t14-,17+/m1/s1. The van der Waals surface area contributed by atoms with E-state index in [9.17, 15) is 9.59 Å². The van der Waals surface area contributed by atoms with Gasteiger partial charge in [0.1, 0.15) is 12.2 Å². The molecule has 1 aromatic carbocycles. The summed E-state index contributed by atoms with van der Waals surface area (Å²) >= 11 is 1.57. The molecule has 2 atom stereocenters. The zero-order valence-electron chi connectivity index (χ0n) is 15.4. The van der Waals surface area contributed by atoms with Crippen molar-refractivity contribution in [1.82, 2.24) is 15.1 Å². The van der Waals surface area contributed by atoms with E-state index >= 15 is 0 Å². The summed E-state index contributed by atoms with van der Waals surface area (Å²) in [5.74, 6) is 0.335. The van der Waals surface area contributed by atoms with E-state index in [2.05, 4.69) is 17.3 Å². The van der Waals surface area contributed by atoms with Crippen molar-refractivity contribution in [3.63, 3.8) is 0 Å². The largest absolute Gasteiger partial charge is 0.351 e. The van der Waals surface area contributed by atoms with Crippen LogP contribution in [0.15, 0.2) is 46.6 Å². The number of aromatic nitrogens is 2. The number of hydrogen-bond donors (Lipinski definition) is 1. The monoisotopic (exact) mass is 381 g/mol. The highest BCUT2D eigenvalue weighted by molar-refractivity contribution is 7.13. The molecule has 5 nitrogen and oxygen atoms in total. The molecule has 1 fully saturated rings. The zero-order chi connectivity index (χ0) is 18.8. The lowest BCUT2D eigenvalue weighted by Crippen LogP contribution is -2.43. The Morgan fingerprint density at radius 3 is 2.70 bits per heavy atom. The summed E-state index contributed by atoms with van der Waals surface area (Å²) in [5, 5.41) is 11.1. The Morgan fingerprint density at radius 2 is 1.96 bits per heavy atom. The first-order chi connectivity index (χ1) is 13.1. The smallest absolute Gasteiger partial charge is 0.275 e. The second-order valence-electron chi connectivity index (χ2n) is 7.27. The number of amides is 1. The third kappa shape index (κ3) is 3.67. The molecule has 0 spiro atoms. The van der Waals surface area contributed by atoms with Gasteiger partial charge >= 0.3 is 0 Å². The molecule has 0 radical (unpaired) electrons. The number of nitrogens with one attached hydrogen (secondary N) is 1. The highest BCUT2D eigenvalue weighted by Gasteiger charge is 2.23. The van der Waals surface area contributed by atoms with Crippen molar-refractivity contribution in [2.75, 3.05) is 0 Å². The summed E-state index contributed by atoms with van der Waals surface area (Å²) < 4.78 is 1.31. The molecule has 0 unspecified atom stereocenters. The SMILES string of the molecule is C[C@@H]1CCCC[C@@H]1NC(=O)Cn1nc(-c2cccs2)c2ccccc2c1=O. The fourth-order valence-electron chi connectivity index (χ4n) is 3.86. The third-order valence-corrected chi connectivity index (χ3v) is 6.25. The van der Waals surface area contributed by atoms with Crippen LogP contribution < -0.4 is 10.9 Å². The molecular weight excluding hydrogens is 358 g/mol. The van der Waals surface area contributed by atoms with Crippen LogP contribution in [0, 0.1) is 5.92 Å². The van der Waals surface area contributed by atoms with Crippen molar-refractivity contribution in [1.29, 1.82) is 0 Å². The molecule has 140 valence electrons. The highest BCUT2D eigenvalue weighted by Crippen LogP contribution is 2.28. The summed E-state index contributed by atoms with van der Waals surface area (Å²) in [4.78, 5) is 26.5. The maximum Gasteiger partial charge on any atom is 0.275 e. The van der Waals surface area contributed by atoms with Crippen LogP contribution in [0.3, 0.4) is 0 Å². The van der Waals surface area contributed by atoms with Crippen molar-refractivity contribution in [2.45, 2.75) is 45.2 Å². The minimum atomic E-state index is -0.224. The molecule has 1 aliphatic rings.